The van der Waals surface area contributed by atoms with Gasteiger partial charge in [-0.25, -0.2) is 9.37 Å². The molecule has 40 heavy (non-hydrogen) atoms. The number of hydrogen-bond donors (Lipinski definition) is 1. The normalized spacial score (nSPS) is 14.6. The van der Waals surface area contributed by atoms with E-state index in [-0.39, 0.29) is 30.3 Å². The van der Waals surface area contributed by atoms with Crippen molar-refractivity contribution in [3.8, 4) is 22.7 Å². The van der Waals surface area contributed by atoms with Crippen LogP contribution in [0.3, 0.4) is 0 Å². The van der Waals surface area contributed by atoms with Gasteiger partial charge in [0.15, 0.2) is 0 Å². The van der Waals surface area contributed by atoms with E-state index in [9.17, 15) is 14.0 Å². The second kappa shape index (κ2) is 12.1. The number of aryl methyl sites for hydroxylation is 1. The Morgan fingerprint density at radius 1 is 1.07 bits per heavy atom. The number of imidazole rings is 1. The van der Waals surface area contributed by atoms with Crippen molar-refractivity contribution in [2.45, 2.75) is 25.9 Å². The fourth-order valence-electron chi connectivity index (χ4n) is 4.64. The lowest BCUT2D eigenvalue weighted by molar-refractivity contribution is -0.117. The molecular formula is C31H31FN4O4. The summed E-state index contributed by atoms with van der Waals surface area (Å²) in [5.74, 6) is -0.0635. The lowest BCUT2D eigenvalue weighted by Gasteiger charge is -2.25. The number of amides is 2. The van der Waals surface area contributed by atoms with Crippen LogP contribution in [0.15, 0.2) is 79.0 Å². The van der Waals surface area contributed by atoms with Crippen molar-refractivity contribution in [3.63, 3.8) is 0 Å². The first kappa shape index (κ1) is 27.1. The van der Waals surface area contributed by atoms with E-state index < -0.39 is 5.91 Å². The van der Waals surface area contributed by atoms with Crippen molar-refractivity contribution in [2.75, 3.05) is 32.1 Å². The molecule has 0 aliphatic carbocycles. The van der Waals surface area contributed by atoms with Crippen LogP contribution in [-0.4, -0.2) is 59.2 Å². The first-order valence-corrected chi connectivity index (χ1v) is 13.2. The predicted octanol–water partition coefficient (Wildman–Crippen LogP) is 5.26. The van der Waals surface area contributed by atoms with Gasteiger partial charge in [0.1, 0.15) is 18.1 Å². The average molecular weight is 543 g/mol. The summed E-state index contributed by atoms with van der Waals surface area (Å²) in [6.45, 7) is 2.73. The van der Waals surface area contributed by atoms with Crippen molar-refractivity contribution in [3.05, 3.63) is 95.9 Å². The van der Waals surface area contributed by atoms with Gasteiger partial charge in [0.2, 0.25) is 11.9 Å². The van der Waals surface area contributed by atoms with Crippen molar-refractivity contribution >= 4 is 17.8 Å². The summed E-state index contributed by atoms with van der Waals surface area (Å²) in [4.78, 5) is 33.0. The van der Waals surface area contributed by atoms with E-state index in [0.29, 0.717) is 35.8 Å². The molecular weight excluding hydrogens is 511 g/mol. The minimum absolute atomic E-state index is 0.120. The predicted molar refractivity (Wildman–Crippen MR) is 150 cm³/mol. The molecule has 2 heterocycles. The first-order valence-electron chi connectivity index (χ1n) is 13.2. The Labute approximate surface area is 232 Å². The standard InChI is InChI=1S/C31H31FN4O4/c1-21-5-7-23(8-6-21)30(38)35(18-27-4-3-17-40-27)20-29(37)34-31-33-28(22-9-15-26(39-2)16-10-22)19-36(31)25-13-11-24(32)12-14-25/h5-16,19,27H,3-4,17-18,20H2,1-2H3,(H,33,34,37)/t27-/m1/s1. The Morgan fingerprint density at radius 2 is 1.80 bits per heavy atom. The molecule has 1 aromatic heterocycles. The van der Waals surface area contributed by atoms with Crippen LogP contribution in [0.5, 0.6) is 5.75 Å². The zero-order valence-corrected chi connectivity index (χ0v) is 22.5. The molecule has 3 aromatic carbocycles. The van der Waals surface area contributed by atoms with Crippen molar-refractivity contribution in [1.29, 1.82) is 0 Å². The molecule has 206 valence electrons. The van der Waals surface area contributed by atoms with E-state index in [1.54, 1.807) is 42.1 Å². The number of nitrogens with one attached hydrogen (secondary N) is 1. The number of rotatable bonds is 9. The van der Waals surface area contributed by atoms with Crippen molar-refractivity contribution in [2.24, 2.45) is 0 Å². The Hall–Kier alpha value is -4.50. The Balaban J connectivity index is 1.41. The van der Waals surface area contributed by atoms with Gasteiger partial charge in [0.25, 0.3) is 5.91 Å². The maximum atomic E-state index is 13.6. The summed E-state index contributed by atoms with van der Waals surface area (Å²) in [7, 11) is 1.59. The summed E-state index contributed by atoms with van der Waals surface area (Å²) in [6.07, 6.45) is 3.41. The number of ether oxygens (including phenoxy) is 2. The van der Waals surface area contributed by atoms with Crippen LogP contribution < -0.4 is 10.1 Å². The quantitative estimate of drug-likeness (QED) is 0.312. The van der Waals surface area contributed by atoms with Gasteiger partial charge in [-0.15, -0.1) is 0 Å². The number of benzene rings is 3. The highest BCUT2D eigenvalue weighted by Gasteiger charge is 2.26. The summed E-state index contributed by atoms with van der Waals surface area (Å²) in [5, 5.41) is 2.87. The first-order chi connectivity index (χ1) is 19.4. The number of nitrogens with zero attached hydrogens (tertiary/aromatic N) is 3. The van der Waals surface area contributed by atoms with E-state index in [2.05, 4.69) is 10.3 Å². The zero-order chi connectivity index (χ0) is 28.1. The SMILES string of the molecule is COc1ccc(-c2cn(-c3ccc(F)cc3)c(NC(=O)CN(C[C@H]3CCCO3)C(=O)c3ccc(C)cc3)n2)cc1. The highest BCUT2D eigenvalue weighted by molar-refractivity contribution is 5.99. The Bertz CT molecular complexity index is 1460. The largest absolute Gasteiger partial charge is 0.497 e. The molecule has 1 fully saturated rings. The summed E-state index contributed by atoms with van der Waals surface area (Å²) in [5.41, 5.74) is 3.59. The zero-order valence-electron chi connectivity index (χ0n) is 22.5. The molecule has 0 bridgehead atoms. The monoisotopic (exact) mass is 542 g/mol. The maximum Gasteiger partial charge on any atom is 0.254 e. The van der Waals surface area contributed by atoms with Crippen LogP contribution in [0, 0.1) is 12.7 Å². The molecule has 5 rings (SSSR count). The van der Waals surface area contributed by atoms with Gasteiger partial charge in [-0.1, -0.05) is 17.7 Å². The van der Waals surface area contributed by atoms with E-state index in [4.69, 9.17) is 9.47 Å². The van der Waals surface area contributed by atoms with Crippen molar-refractivity contribution in [1.82, 2.24) is 14.5 Å². The highest BCUT2D eigenvalue weighted by atomic mass is 19.1. The smallest absolute Gasteiger partial charge is 0.254 e. The second-order valence-corrected chi connectivity index (χ2v) is 9.76. The number of carbonyl (C=O) groups is 2. The van der Waals surface area contributed by atoms with Gasteiger partial charge in [-0.3, -0.25) is 19.5 Å². The minimum Gasteiger partial charge on any atom is -0.497 e. The molecule has 1 aliphatic rings. The van der Waals surface area contributed by atoms with E-state index in [1.807, 2.05) is 43.3 Å². The van der Waals surface area contributed by atoms with Crippen LogP contribution >= 0.6 is 0 Å². The second-order valence-electron chi connectivity index (χ2n) is 9.76. The van der Waals surface area contributed by atoms with E-state index in [0.717, 1.165) is 24.0 Å². The van der Waals surface area contributed by atoms with E-state index in [1.165, 1.54) is 17.0 Å². The molecule has 8 nitrogen and oxygen atoms in total. The molecule has 0 radical (unpaired) electrons. The molecule has 2 amide bonds. The van der Waals surface area contributed by atoms with Gasteiger partial charge in [0, 0.05) is 36.2 Å². The average Bonchev–Trinajstić information content (AvgIpc) is 3.63. The van der Waals surface area contributed by atoms with Crippen LogP contribution in [0.1, 0.15) is 28.8 Å². The fraction of sp³-hybridized carbons (Fsp3) is 0.258. The molecule has 4 aromatic rings. The van der Waals surface area contributed by atoms with Crippen LogP contribution in [0.4, 0.5) is 10.3 Å². The third-order valence-corrected chi connectivity index (χ3v) is 6.82. The van der Waals surface area contributed by atoms with Crippen LogP contribution in [0.2, 0.25) is 0 Å². The Kier molecular flexibility index (Phi) is 8.21. The van der Waals surface area contributed by atoms with Gasteiger partial charge in [-0.2, -0.15) is 0 Å². The fourth-order valence-corrected chi connectivity index (χ4v) is 4.64. The molecule has 0 saturated carbocycles. The number of aromatic nitrogens is 2. The van der Waals surface area contributed by atoms with Gasteiger partial charge in [-0.05, 0) is 80.4 Å². The minimum atomic E-state index is -0.409. The number of carbonyl (C=O) groups excluding carboxylic acids is 2. The molecule has 1 aliphatic heterocycles. The van der Waals surface area contributed by atoms with Crippen LogP contribution in [-0.2, 0) is 9.53 Å². The molecule has 1 atom stereocenters. The molecule has 1 N–H and O–H groups in total. The topological polar surface area (TPSA) is 85.7 Å². The summed E-state index contributed by atoms with van der Waals surface area (Å²) in [6, 6.07) is 20.6. The number of halogens is 1. The van der Waals surface area contributed by atoms with Gasteiger partial charge < -0.3 is 14.4 Å². The maximum absolute atomic E-state index is 13.6. The molecule has 0 spiro atoms. The number of hydrogen-bond acceptors (Lipinski definition) is 5. The third-order valence-electron chi connectivity index (χ3n) is 6.82. The Morgan fingerprint density at radius 3 is 2.45 bits per heavy atom. The number of methoxy groups -OCH3 is 1. The number of anilines is 1. The molecule has 9 heteroatoms. The lowest BCUT2D eigenvalue weighted by atomic mass is 10.1. The summed E-state index contributed by atoms with van der Waals surface area (Å²) >= 11 is 0. The molecule has 1 saturated heterocycles. The summed E-state index contributed by atoms with van der Waals surface area (Å²) < 4.78 is 26.3. The van der Waals surface area contributed by atoms with E-state index >= 15 is 0 Å². The van der Waals surface area contributed by atoms with Crippen molar-refractivity contribution < 1.29 is 23.5 Å². The van der Waals surface area contributed by atoms with Gasteiger partial charge in [0.05, 0.1) is 18.9 Å². The highest BCUT2D eigenvalue weighted by Crippen LogP contribution is 2.26. The molecule has 0 unspecified atom stereocenters. The lowest BCUT2D eigenvalue weighted by Crippen LogP contribution is -2.42. The van der Waals surface area contributed by atoms with Gasteiger partial charge >= 0.3 is 0 Å². The van der Waals surface area contributed by atoms with Crippen LogP contribution in [0.25, 0.3) is 16.9 Å². The third kappa shape index (κ3) is 6.38.